The van der Waals surface area contributed by atoms with Gasteiger partial charge in [0.05, 0.1) is 46.7 Å². The van der Waals surface area contributed by atoms with Gasteiger partial charge in [-0.25, -0.2) is 0 Å². The Morgan fingerprint density at radius 2 is 1.00 bits per heavy atom. The van der Waals surface area contributed by atoms with Crippen LogP contribution < -0.4 is 5.11 Å². The summed E-state index contributed by atoms with van der Waals surface area (Å²) in [6, 6.07) is 0. The molecule has 0 spiro atoms. The van der Waals surface area contributed by atoms with Gasteiger partial charge in [-0.05, 0) is 38.5 Å². The normalized spacial score (nSPS) is 13.5. The van der Waals surface area contributed by atoms with Crippen molar-refractivity contribution in [2.45, 2.75) is 174 Å². The number of ether oxygens (including phenoxy) is 4. The van der Waals surface area contributed by atoms with Crippen molar-refractivity contribution in [3.8, 4) is 0 Å². The number of hydrogen-bond acceptors (Lipinski definition) is 8. The Balaban J connectivity index is 4.57. The quantitative estimate of drug-likeness (QED) is 0.0199. The van der Waals surface area contributed by atoms with Crippen LogP contribution in [0.5, 0.6) is 0 Å². The van der Waals surface area contributed by atoms with Gasteiger partial charge in [-0.1, -0.05) is 171 Å². The summed E-state index contributed by atoms with van der Waals surface area (Å²) in [5.74, 6) is -2.45. The fourth-order valence-electron chi connectivity index (χ4n) is 5.67. The van der Waals surface area contributed by atoms with Crippen molar-refractivity contribution < 1.29 is 42.9 Å². The van der Waals surface area contributed by atoms with Crippen LogP contribution in [0.15, 0.2) is 60.8 Å². The lowest BCUT2D eigenvalue weighted by molar-refractivity contribution is -0.870. The summed E-state index contributed by atoms with van der Waals surface area (Å²) in [5.41, 5.74) is 0. The number of esters is 2. The molecule has 56 heavy (non-hydrogen) atoms. The number of nitrogens with zero attached hydrogens (tertiary/aromatic N) is 1. The lowest BCUT2D eigenvalue weighted by Gasteiger charge is -2.26. The standard InChI is InChI=1S/C47H81NO8/c1-6-8-10-12-14-16-18-20-22-24-25-27-29-31-33-35-37-44(49)54-41-43(42-55-47(46(51)52)53-40-39-48(3,4)5)56-45(50)38-36-34-32-30-28-26-23-21-19-17-15-13-11-9-7-2/h9,11,15,17,21,23,28,30,34,36,43,47H,6-8,10,12-14,16,18-20,22,24-27,29,31-33,35,37-42H2,1-5H3/b11-9-,17-15-,23-21-,30-28-,36-34-. The highest BCUT2D eigenvalue weighted by atomic mass is 16.7. The summed E-state index contributed by atoms with van der Waals surface area (Å²) < 4.78 is 22.4. The molecule has 0 heterocycles. The van der Waals surface area contributed by atoms with Gasteiger partial charge in [0.2, 0.25) is 0 Å². The van der Waals surface area contributed by atoms with E-state index < -0.39 is 24.3 Å². The van der Waals surface area contributed by atoms with Crippen LogP contribution in [0, 0.1) is 0 Å². The molecule has 0 bridgehead atoms. The number of carbonyl (C=O) groups is 3. The largest absolute Gasteiger partial charge is 0.545 e. The van der Waals surface area contributed by atoms with E-state index in [9.17, 15) is 19.5 Å². The molecule has 0 aromatic carbocycles. The van der Waals surface area contributed by atoms with Gasteiger partial charge in [0, 0.05) is 6.42 Å². The first-order valence-electron chi connectivity index (χ1n) is 21.9. The first-order chi connectivity index (χ1) is 27.1. The average molecular weight is 788 g/mol. The molecule has 0 amide bonds. The monoisotopic (exact) mass is 788 g/mol. The first-order valence-corrected chi connectivity index (χ1v) is 21.9. The van der Waals surface area contributed by atoms with E-state index in [1.807, 2.05) is 33.3 Å². The summed E-state index contributed by atoms with van der Waals surface area (Å²) in [7, 11) is 5.87. The highest BCUT2D eigenvalue weighted by molar-refractivity contribution is 5.71. The van der Waals surface area contributed by atoms with E-state index in [1.165, 1.54) is 83.5 Å². The van der Waals surface area contributed by atoms with E-state index in [-0.39, 0.29) is 38.6 Å². The van der Waals surface area contributed by atoms with E-state index >= 15 is 0 Å². The van der Waals surface area contributed by atoms with Crippen molar-refractivity contribution in [3.05, 3.63) is 60.8 Å². The molecule has 0 rings (SSSR count). The third-order valence-corrected chi connectivity index (χ3v) is 9.06. The van der Waals surface area contributed by atoms with Crippen molar-refractivity contribution in [1.82, 2.24) is 0 Å². The number of rotatable bonds is 39. The van der Waals surface area contributed by atoms with E-state index in [1.54, 1.807) is 6.08 Å². The van der Waals surface area contributed by atoms with Gasteiger partial charge in [0.25, 0.3) is 0 Å². The maximum absolute atomic E-state index is 12.7. The van der Waals surface area contributed by atoms with Gasteiger partial charge in [0.1, 0.15) is 13.2 Å². The van der Waals surface area contributed by atoms with Crippen LogP contribution >= 0.6 is 0 Å². The van der Waals surface area contributed by atoms with E-state index in [4.69, 9.17) is 18.9 Å². The molecular weight excluding hydrogens is 707 g/mol. The molecule has 9 nitrogen and oxygen atoms in total. The summed E-state index contributed by atoms with van der Waals surface area (Å²) in [4.78, 5) is 36.9. The third kappa shape index (κ3) is 39.2. The van der Waals surface area contributed by atoms with E-state index in [0.29, 0.717) is 17.4 Å². The number of hydrogen-bond donors (Lipinski definition) is 0. The Bertz CT molecular complexity index is 1100. The maximum atomic E-state index is 12.7. The summed E-state index contributed by atoms with van der Waals surface area (Å²) in [6.07, 6.45) is 42.8. The molecule has 322 valence electrons. The van der Waals surface area contributed by atoms with Crippen LogP contribution in [-0.4, -0.2) is 82.3 Å². The van der Waals surface area contributed by atoms with E-state index in [2.05, 4.69) is 56.4 Å². The van der Waals surface area contributed by atoms with Crippen LogP contribution in [0.25, 0.3) is 0 Å². The zero-order valence-corrected chi connectivity index (χ0v) is 36.2. The van der Waals surface area contributed by atoms with Crippen molar-refractivity contribution in [3.63, 3.8) is 0 Å². The fourth-order valence-corrected chi connectivity index (χ4v) is 5.67. The molecule has 9 heteroatoms. The smallest absolute Gasteiger partial charge is 0.310 e. The number of carboxylic acid groups (broad SMARTS) is 1. The lowest BCUT2D eigenvalue weighted by Crippen LogP contribution is -2.44. The number of unbranched alkanes of at least 4 members (excludes halogenated alkanes) is 15. The number of likely N-dealkylation sites (N-methyl/N-ethyl adjacent to an activating group) is 1. The predicted octanol–water partition coefficient (Wildman–Crippen LogP) is 10.0. The topological polar surface area (TPSA) is 111 Å². The fraction of sp³-hybridized carbons (Fsp3) is 0.723. The Morgan fingerprint density at radius 3 is 1.45 bits per heavy atom. The minimum atomic E-state index is -1.64. The molecule has 0 N–H and O–H groups in total. The van der Waals surface area contributed by atoms with Gasteiger partial charge in [-0.2, -0.15) is 0 Å². The second-order valence-corrected chi connectivity index (χ2v) is 15.6. The number of carbonyl (C=O) groups excluding carboxylic acids is 3. The lowest BCUT2D eigenvalue weighted by atomic mass is 10.0. The minimum Gasteiger partial charge on any atom is -0.545 e. The molecule has 0 aliphatic carbocycles. The van der Waals surface area contributed by atoms with Crippen molar-refractivity contribution >= 4 is 17.9 Å². The van der Waals surface area contributed by atoms with Crippen LogP contribution in [0.4, 0.5) is 0 Å². The Kier molecular flexibility index (Phi) is 36.8. The molecule has 0 fully saturated rings. The molecule has 0 radical (unpaired) electrons. The van der Waals surface area contributed by atoms with Crippen LogP contribution in [0.3, 0.4) is 0 Å². The van der Waals surface area contributed by atoms with Crippen LogP contribution in [-0.2, 0) is 33.3 Å². The first kappa shape index (κ1) is 53.0. The number of allylic oxidation sites excluding steroid dienone is 9. The molecule has 0 aliphatic rings. The molecule has 0 aromatic rings. The van der Waals surface area contributed by atoms with Crippen molar-refractivity contribution in [1.29, 1.82) is 0 Å². The van der Waals surface area contributed by atoms with Gasteiger partial charge in [-0.15, -0.1) is 0 Å². The maximum Gasteiger partial charge on any atom is 0.310 e. The second-order valence-electron chi connectivity index (χ2n) is 15.6. The summed E-state index contributed by atoms with van der Waals surface area (Å²) >= 11 is 0. The van der Waals surface area contributed by atoms with Gasteiger partial charge in [-0.3, -0.25) is 9.59 Å². The van der Waals surface area contributed by atoms with Gasteiger partial charge in [0.15, 0.2) is 12.4 Å². The Labute approximate surface area is 342 Å². The minimum absolute atomic E-state index is 0.0150. The average Bonchev–Trinajstić information content (AvgIpc) is 3.15. The molecular formula is C47H81NO8. The second kappa shape index (κ2) is 38.8. The third-order valence-electron chi connectivity index (χ3n) is 9.06. The SMILES string of the molecule is CC/C=C\C/C=C\C/C=C\C/C=C\C/C=C\CC(=O)OC(COC(=O)CCCCCCCCCCCCCCCCCC)COC(OCC[N+](C)(C)C)C(=O)[O-]. The van der Waals surface area contributed by atoms with Gasteiger partial charge >= 0.3 is 11.9 Å². The molecule has 0 saturated carbocycles. The Hall–Kier alpha value is -3.01. The molecule has 0 saturated heterocycles. The molecule has 2 atom stereocenters. The molecule has 2 unspecified atom stereocenters. The van der Waals surface area contributed by atoms with Crippen molar-refractivity contribution in [2.24, 2.45) is 0 Å². The highest BCUT2D eigenvalue weighted by Crippen LogP contribution is 2.14. The number of carboxylic acids is 1. The zero-order chi connectivity index (χ0) is 41.4. The summed E-state index contributed by atoms with van der Waals surface area (Å²) in [6.45, 7) is 4.50. The zero-order valence-electron chi connectivity index (χ0n) is 36.2. The highest BCUT2D eigenvalue weighted by Gasteiger charge is 2.21. The molecule has 0 aromatic heterocycles. The number of quaternary nitrogens is 1. The number of aliphatic carboxylic acids is 1. The molecule has 0 aliphatic heterocycles. The van der Waals surface area contributed by atoms with Crippen LogP contribution in [0.2, 0.25) is 0 Å². The predicted molar refractivity (Wildman–Crippen MR) is 228 cm³/mol. The summed E-state index contributed by atoms with van der Waals surface area (Å²) in [5, 5.41) is 11.7. The Morgan fingerprint density at radius 1 is 0.554 bits per heavy atom. The van der Waals surface area contributed by atoms with Crippen LogP contribution in [0.1, 0.15) is 162 Å². The van der Waals surface area contributed by atoms with Gasteiger partial charge < -0.3 is 33.3 Å². The van der Waals surface area contributed by atoms with Crippen molar-refractivity contribution in [2.75, 3.05) is 47.5 Å². The van der Waals surface area contributed by atoms with E-state index in [0.717, 1.165) is 44.9 Å².